The van der Waals surface area contributed by atoms with E-state index in [1.54, 1.807) is 24.5 Å². The molecule has 1 heterocycles. The third kappa shape index (κ3) is 2.89. The molecule has 0 aliphatic carbocycles. The quantitative estimate of drug-likeness (QED) is 0.418. The zero-order valence-corrected chi connectivity index (χ0v) is 10.9. The van der Waals surface area contributed by atoms with Gasteiger partial charge >= 0.3 is 0 Å². The molecule has 0 atom stereocenters. The van der Waals surface area contributed by atoms with Crippen LogP contribution in [-0.2, 0) is 0 Å². The molecule has 0 unspecified atom stereocenters. The summed E-state index contributed by atoms with van der Waals surface area (Å²) in [5.41, 5.74) is 2.69. The lowest BCUT2D eigenvalue weighted by atomic mass is 10.3. The number of nitro groups is 1. The van der Waals surface area contributed by atoms with Crippen molar-refractivity contribution in [2.45, 2.75) is 0 Å². The molecule has 1 aromatic heterocycles. The fraction of sp³-hybridized carbons (Fsp3) is 0. The Bertz CT molecular complexity index is 846. The summed E-state index contributed by atoms with van der Waals surface area (Å²) in [6.45, 7) is 0. The lowest BCUT2D eigenvalue weighted by Gasteiger charge is -1.97. The van der Waals surface area contributed by atoms with Gasteiger partial charge in [0.15, 0.2) is 0 Å². The second-order valence-electron chi connectivity index (χ2n) is 4.32. The molecule has 6 heteroatoms. The van der Waals surface area contributed by atoms with Gasteiger partial charge in [0.2, 0.25) is 0 Å². The third-order valence-electron chi connectivity index (χ3n) is 2.85. The summed E-state index contributed by atoms with van der Waals surface area (Å²) in [6, 6.07) is 13.7. The minimum absolute atomic E-state index is 0.00856. The molecule has 0 aliphatic heterocycles. The van der Waals surface area contributed by atoms with Crippen LogP contribution >= 0.6 is 0 Å². The second kappa shape index (κ2) is 5.46. The Kier molecular flexibility index (Phi) is 3.34. The van der Waals surface area contributed by atoms with Crippen molar-refractivity contribution in [1.82, 2.24) is 9.97 Å². The molecule has 0 N–H and O–H groups in total. The average Bonchev–Trinajstić information content (AvgIpc) is 2.53. The molecule has 0 fully saturated rings. The van der Waals surface area contributed by atoms with Crippen molar-refractivity contribution in [2.75, 3.05) is 0 Å². The molecular weight excluding hydrogens is 268 g/mol. The molecule has 3 aromatic rings. The fourth-order valence-electron chi connectivity index (χ4n) is 1.86. The zero-order valence-electron chi connectivity index (χ0n) is 10.9. The fourth-order valence-corrected chi connectivity index (χ4v) is 1.86. The number of para-hydroxylation sites is 2. The van der Waals surface area contributed by atoms with E-state index in [0.29, 0.717) is 11.4 Å². The van der Waals surface area contributed by atoms with Crippen LogP contribution in [0.3, 0.4) is 0 Å². The van der Waals surface area contributed by atoms with E-state index in [1.165, 1.54) is 12.1 Å². The van der Waals surface area contributed by atoms with Crippen LogP contribution in [0.2, 0.25) is 0 Å². The summed E-state index contributed by atoms with van der Waals surface area (Å²) in [5, 5.41) is 10.7. The molecule has 0 saturated carbocycles. The van der Waals surface area contributed by atoms with Crippen LogP contribution in [-0.4, -0.2) is 21.1 Å². The van der Waals surface area contributed by atoms with Crippen molar-refractivity contribution in [3.05, 3.63) is 70.5 Å². The van der Waals surface area contributed by atoms with Gasteiger partial charge in [-0.25, -0.2) is 4.98 Å². The normalized spacial score (nSPS) is 11.0. The van der Waals surface area contributed by atoms with E-state index in [9.17, 15) is 10.1 Å². The number of non-ortho nitro benzene ring substituents is 1. The Morgan fingerprint density at radius 2 is 1.90 bits per heavy atom. The van der Waals surface area contributed by atoms with Gasteiger partial charge in [0.25, 0.3) is 5.69 Å². The summed E-state index contributed by atoms with van der Waals surface area (Å²) < 4.78 is 0. The van der Waals surface area contributed by atoms with Crippen LogP contribution < -0.4 is 0 Å². The van der Waals surface area contributed by atoms with E-state index in [4.69, 9.17) is 0 Å². The van der Waals surface area contributed by atoms with Crippen molar-refractivity contribution in [2.24, 2.45) is 4.99 Å². The first-order valence-corrected chi connectivity index (χ1v) is 6.23. The topological polar surface area (TPSA) is 81.3 Å². The first kappa shape index (κ1) is 12.9. The van der Waals surface area contributed by atoms with E-state index in [0.717, 1.165) is 11.0 Å². The van der Waals surface area contributed by atoms with Gasteiger partial charge in [-0.05, 0) is 18.2 Å². The number of nitro benzene ring substituents is 1. The van der Waals surface area contributed by atoms with Crippen molar-refractivity contribution in [3.63, 3.8) is 0 Å². The number of aromatic nitrogens is 2. The zero-order chi connectivity index (χ0) is 14.7. The molecule has 0 aliphatic rings. The van der Waals surface area contributed by atoms with Crippen LogP contribution in [0.1, 0.15) is 5.69 Å². The summed E-state index contributed by atoms with van der Waals surface area (Å²) in [6.07, 6.45) is 3.15. The SMILES string of the molecule is O=[N+]([O-])c1cccc(N=Cc2cnc3ccccc3n2)c1. The maximum Gasteiger partial charge on any atom is 0.271 e. The molecule has 0 amide bonds. The molecule has 102 valence electrons. The van der Waals surface area contributed by atoms with Gasteiger partial charge < -0.3 is 0 Å². The van der Waals surface area contributed by atoms with E-state index in [-0.39, 0.29) is 5.69 Å². The van der Waals surface area contributed by atoms with Gasteiger partial charge in [-0.3, -0.25) is 20.1 Å². The lowest BCUT2D eigenvalue weighted by Crippen LogP contribution is -1.91. The predicted molar refractivity (Wildman–Crippen MR) is 79.9 cm³/mol. The summed E-state index contributed by atoms with van der Waals surface area (Å²) in [5.74, 6) is 0. The predicted octanol–water partition coefficient (Wildman–Crippen LogP) is 3.29. The second-order valence-corrected chi connectivity index (χ2v) is 4.32. The van der Waals surface area contributed by atoms with Gasteiger partial charge in [-0.2, -0.15) is 0 Å². The van der Waals surface area contributed by atoms with Crippen molar-refractivity contribution >= 4 is 28.6 Å². The molecule has 6 nitrogen and oxygen atoms in total. The molecule has 0 bridgehead atoms. The molecule has 0 spiro atoms. The minimum Gasteiger partial charge on any atom is -0.258 e. The number of benzene rings is 2. The van der Waals surface area contributed by atoms with Gasteiger partial charge in [-0.15, -0.1) is 0 Å². The average molecular weight is 278 g/mol. The molecule has 2 aromatic carbocycles. The maximum absolute atomic E-state index is 10.7. The van der Waals surface area contributed by atoms with Crippen LogP contribution in [0.5, 0.6) is 0 Å². The first-order valence-electron chi connectivity index (χ1n) is 6.23. The largest absolute Gasteiger partial charge is 0.271 e. The monoisotopic (exact) mass is 278 g/mol. The standard InChI is InChI=1S/C15H10N4O2/c20-19(21)13-5-3-4-11(8-13)16-9-12-10-17-14-6-1-2-7-15(14)18-12/h1-10H. The van der Waals surface area contributed by atoms with Crippen LogP contribution in [0.15, 0.2) is 59.7 Å². The minimum atomic E-state index is -0.450. The van der Waals surface area contributed by atoms with Gasteiger partial charge in [0, 0.05) is 12.1 Å². The number of aliphatic imine (C=N–C) groups is 1. The Morgan fingerprint density at radius 3 is 2.71 bits per heavy atom. The van der Waals surface area contributed by atoms with Crippen molar-refractivity contribution in [3.8, 4) is 0 Å². The van der Waals surface area contributed by atoms with Crippen molar-refractivity contribution in [1.29, 1.82) is 0 Å². The van der Waals surface area contributed by atoms with Crippen LogP contribution in [0, 0.1) is 10.1 Å². The number of fused-ring (bicyclic) bond motifs is 1. The smallest absolute Gasteiger partial charge is 0.258 e. The van der Waals surface area contributed by atoms with E-state index >= 15 is 0 Å². The highest BCUT2D eigenvalue weighted by atomic mass is 16.6. The van der Waals surface area contributed by atoms with E-state index < -0.39 is 4.92 Å². The number of nitrogens with zero attached hydrogens (tertiary/aromatic N) is 4. The summed E-state index contributed by atoms with van der Waals surface area (Å²) in [4.78, 5) is 23.1. The molecule has 0 radical (unpaired) electrons. The highest BCUT2D eigenvalue weighted by molar-refractivity contribution is 5.83. The maximum atomic E-state index is 10.7. The number of hydrogen-bond donors (Lipinski definition) is 0. The number of rotatable bonds is 3. The Morgan fingerprint density at radius 1 is 1.10 bits per heavy atom. The lowest BCUT2D eigenvalue weighted by molar-refractivity contribution is -0.384. The number of hydrogen-bond acceptors (Lipinski definition) is 5. The van der Waals surface area contributed by atoms with Crippen LogP contribution in [0.25, 0.3) is 11.0 Å². The molecular formula is C15H10N4O2. The van der Waals surface area contributed by atoms with Gasteiger partial charge in [0.05, 0.1) is 34.1 Å². The van der Waals surface area contributed by atoms with Crippen molar-refractivity contribution < 1.29 is 4.92 Å². The first-order chi connectivity index (χ1) is 10.2. The Labute approximate surface area is 120 Å². The highest BCUT2D eigenvalue weighted by Gasteiger charge is 2.04. The van der Waals surface area contributed by atoms with Crippen LogP contribution in [0.4, 0.5) is 11.4 Å². The van der Waals surface area contributed by atoms with E-state index in [1.807, 2.05) is 24.3 Å². The van der Waals surface area contributed by atoms with Gasteiger partial charge in [0.1, 0.15) is 5.69 Å². The summed E-state index contributed by atoms with van der Waals surface area (Å²) in [7, 11) is 0. The third-order valence-corrected chi connectivity index (χ3v) is 2.85. The Balaban J connectivity index is 1.90. The molecule has 0 saturated heterocycles. The highest BCUT2D eigenvalue weighted by Crippen LogP contribution is 2.19. The molecule has 21 heavy (non-hydrogen) atoms. The summed E-state index contributed by atoms with van der Waals surface area (Å²) >= 11 is 0. The van der Waals surface area contributed by atoms with E-state index in [2.05, 4.69) is 15.0 Å². The molecule has 3 rings (SSSR count). The Hall–Kier alpha value is -3.15. The van der Waals surface area contributed by atoms with Gasteiger partial charge in [-0.1, -0.05) is 18.2 Å².